The molecule has 0 N–H and O–H groups in total. The molecule has 3 saturated carbocycles. The smallest absolute Gasteiger partial charge is 0.226 e. The molecular formula is C15H19NOS. The van der Waals surface area contributed by atoms with Crippen LogP contribution in [0.25, 0.3) is 0 Å². The third kappa shape index (κ3) is 1.99. The Hall–Kier alpha value is -0.830. The topological polar surface area (TPSA) is 20.3 Å². The zero-order valence-corrected chi connectivity index (χ0v) is 11.4. The molecule has 18 heavy (non-hydrogen) atoms. The fourth-order valence-electron chi connectivity index (χ4n) is 3.50. The molecule has 0 spiro atoms. The van der Waals surface area contributed by atoms with Gasteiger partial charge < -0.3 is 4.90 Å². The van der Waals surface area contributed by atoms with Crippen molar-refractivity contribution < 1.29 is 4.79 Å². The number of hydrogen-bond donors (Lipinski definition) is 0. The predicted octanol–water partition coefficient (Wildman–Crippen LogP) is 3.29. The molecule has 0 aromatic carbocycles. The minimum absolute atomic E-state index is 0.355. The normalized spacial score (nSPS) is 33.2. The largest absolute Gasteiger partial charge is 0.335 e. The summed E-state index contributed by atoms with van der Waals surface area (Å²) in [6.07, 6.45) is 6.19. The fourth-order valence-corrected chi connectivity index (χ4v) is 4.16. The molecule has 0 radical (unpaired) electrons. The van der Waals surface area contributed by atoms with Gasteiger partial charge in [-0.25, -0.2) is 0 Å². The number of hydrogen-bond acceptors (Lipinski definition) is 2. The molecule has 2 nitrogen and oxygen atoms in total. The highest BCUT2D eigenvalue weighted by atomic mass is 32.1. The van der Waals surface area contributed by atoms with Gasteiger partial charge in [0.05, 0.1) is 0 Å². The Morgan fingerprint density at radius 1 is 1.28 bits per heavy atom. The molecule has 2 unspecified atom stereocenters. The van der Waals surface area contributed by atoms with Crippen molar-refractivity contribution in [2.24, 2.45) is 17.8 Å². The van der Waals surface area contributed by atoms with E-state index in [0.29, 0.717) is 17.9 Å². The Balaban J connectivity index is 1.46. The average molecular weight is 261 g/mol. The van der Waals surface area contributed by atoms with E-state index in [1.165, 1.54) is 37.7 Å². The molecule has 3 aliphatic carbocycles. The van der Waals surface area contributed by atoms with Crippen molar-refractivity contribution in [2.45, 2.75) is 44.7 Å². The van der Waals surface area contributed by atoms with Crippen molar-refractivity contribution in [1.29, 1.82) is 0 Å². The Bertz CT molecular complexity index is 441. The van der Waals surface area contributed by atoms with Gasteiger partial charge in [-0.15, -0.1) is 0 Å². The maximum absolute atomic E-state index is 12.6. The zero-order chi connectivity index (χ0) is 12.1. The first-order valence-corrected chi connectivity index (χ1v) is 8.07. The molecule has 1 amide bonds. The van der Waals surface area contributed by atoms with Crippen molar-refractivity contribution >= 4 is 17.2 Å². The van der Waals surface area contributed by atoms with Gasteiger partial charge in [0.25, 0.3) is 0 Å². The van der Waals surface area contributed by atoms with Crippen LogP contribution < -0.4 is 0 Å². The highest BCUT2D eigenvalue weighted by molar-refractivity contribution is 7.07. The molecule has 3 aliphatic rings. The molecule has 3 fully saturated rings. The molecular weight excluding hydrogens is 242 g/mol. The molecule has 0 aliphatic heterocycles. The van der Waals surface area contributed by atoms with E-state index in [1.54, 1.807) is 11.3 Å². The van der Waals surface area contributed by atoms with Crippen molar-refractivity contribution in [2.75, 3.05) is 0 Å². The van der Waals surface area contributed by atoms with Gasteiger partial charge in [0.15, 0.2) is 0 Å². The lowest BCUT2D eigenvalue weighted by molar-refractivity contribution is -0.136. The quantitative estimate of drug-likeness (QED) is 0.814. The van der Waals surface area contributed by atoms with E-state index in [2.05, 4.69) is 21.7 Å². The lowest BCUT2D eigenvalue weighted by Crippen LogP contribution is -2.36. The summed E-state index contributed by atoms with van der Waals surface area (Å²) in [5, 5.41) is 4.28. The van der Waals surface area contributed by atoms with E-state index in [4.69, 9.17) is 0 Å². The van der Waals surface area contributed by atoms with Crippen LogP contribution in [-0.2, 0) is 11.3 Å². The van der Waals surface area contributed by atoms with Crippen LogP contribution in [0.3, 0.4) is 0 Å². The summed E-state index contributed by atoms with van der Waals surface area (Å²) < 4.78 is 0. The van der Waals surface area contributed by atoms with Crippen LogP contribution in [0.1, 0.15) is 37.7 Å². The Morgan fingerprint density at radius 2 is 2.06 bits per heavy atom. The van der Waals surface area contributed by atoms with Crippen LogP contribution in [0, 0.1) is 17.8 Å². The first-order chi connectivity index (χ1) is 8.81. The van der Waals surface area contributed by atoms with E-state index in [9.17, 15) is 4.79 Å². The summed E-state index contributed by atoms with van der Waals surface area (Å²) in [5.74, 6) is 2.62. The van der Waals surface area contributed by atoms with Crippen molar-refractivity contribution in [3.05, 3.63) is 22.4 Å². The monoisotopic (exact) mass is 261 g/mol. The summed E-state index contributed by atoms with van der Waals surface area (Å²) in [4.78, 5) is 14.8. The van der Waals surface area contributed by atoms with E-state index in [-0.39, 0.29) is 0 Å². The predicted molar refractivity (Wildman–Crippen MR) is 72.2 cm³/mol. The standard InChI is InChI=1S/C15H19NOS/c17-15(13-6-11-5-12(11)7-13)16(14-1-2-14)8-10-3-4-18-9-10/h3-4,9,11-14H,1-2,5-8H2. The molecule has 3 heteroatoms. The second-order valence-corrected chi connectivity index (χ2v) is 7.03. The first kappa shape index (κ1) is 11.0. The summed E-state index contributed by atoms with van der Waals surface area (Å²) in [6.45, 7) is 0.846. The van der Waals surface area contributed by atoms with Gasteiger partial charge in [-0.05, 0) is 66.3 Å². The third-order valence-corrected chi connectivity index (χ3v) is 5.53. The molecule has 2 atom stereocenters. The van der Waals surface area contributed by atoms with Crippen molar-refractivity contribution in [1.82, 2.24) is 4.90 Å². The van der Waals surface area contributed by atoms with Crippen LogP contribution in [0.4, 0.5) is 0 Å². The second kappa shape index (κ2) is 4.09. The van der Waals surface area contributed by atoms with Crippen molar-refractivity contribution in [3.63, 3.8) is 0 Å². The number of carbonyl (C=O) groups is 1. The second-order valence-electron chi connectivity index (χ2n) is 6.25. The van der Waals surface area contributed by atoms with Gasteiger partial charge in [0.2, 0.25) is 5.91 Å². The van der Waals surface area contributed by atoms with Crippen LogP contribution >= 0.6 is 11.3 Å². The number of carbonyl (C=O) groups excluding carboxylic acids is 1. The minimum Gasteiger partial charge on any atom is -0.335 e. The Kier molecular flexibility index (Phi) is 2.51. The number of nitrogens with zero attached hydrogens (tertiary/aromatic N) is 1. The number of fused-ring (bicyclic) bond motifs is 1. The van der Waals surface area contributed by atoms with Gasteiger partial charge in [-0.1, -0.05) is 0 Å². The molecule has 1 aromatic rings. The third-order valence-electron chi connectivity index (χ3n) is 4.80. The SMILES string of the molecule is O=C(C1CC2CC2C1)N(Cc1ccsc1)C1CC1. The Labute approximate surface area is 112 Å². The first-order valence-electron chi connectivity index (χ1n) is 7.13. The molecule has 0 bridgehead atoms. The maximum Gasteiger partial charge on any atom is 0.226 e. The average Bonchev–Trinajstić information content (AvgIpc) is 3.27. The minimum atomic E-state index is 0.355. The van der Waals surface area contributed by atoms with E-state index < -0.39 is 0 Å². The van der Waals surface area contributed by atoms with Gasteiger partial charge in [-0.3, -0.25) is 4.79 Å². The molecule has 96 valence electrons. The summed E-state index contributed by atoms with van der Waals surface area (Å²) in [7, 11) is 0. The summed E-state index contributed by atoms with van der Waals surface area (Å²) in [6, 6.07) is 2.70. The summed E-state index contributed by atoms with van der Waals surface area (Å²) >= 11 is 1.73. The highest BCUT2D eigenvalue weighted by Crippen LogP contribution is 2.55. The van der Waals surface area contributed by atoms with E-state index in [1.807, 2.05) is 0 Å². The van der Waals surface area contributed by atoms with E-state index >= 15 is 0 Å². The van der Waals surface area contributed by atoms with Gasteiger partial charge >= 0.3 is 0 Å². The molecule has 4 rings (SSSR count). The Morgan fingerprint density at radius 3 is 2.67 bits per heavy atom. The van der Waals surface area contributed by atoms with Crippen LogP contribution in [0.5, 0.6) is 0 Å². The maximum atomic E-state index is 12.6. The number of amides is 1. The van der Waals surface area contributed by atoms with Gasteiger partial charge in [0.1, 0.15) is 0 Å². The lowest BCUT2D eigenvalue weighted by atomic mass is 10.0. The van der Waals surface area contributed by atoms with Crippen LogP contribution in [0.15, 0.2) is 16.8 Å². The molecule has 1 heterocycles. The zero-order valence-electron chi connectivity index (χ0n) is 10.5. The van der Waals surface area contributed by atoms with Crippen LogP contribution in [0.2, 0.25) is 0 Å². The molecule has 1 aromatic heterocycles. The molecule has 0 saturated heterocycles. The lowest BCUT2D eigenvalue weighted by Gasteiger charge is -2.26. The van der Waals surface area contributed by atoms with Crippen LogP contribution in [-0.4, -0.2) is 16.8 Å². The number of thiophene rings is 1. The van der Waals surface area contributed by atoms with Crippen molar-refractivity contribution in [3.8, 4) is 0 Å². The summed E-state index contributed by atoms with van der Waals surface area (Å²) in [5.41, 5.74) is 1.31. The number of rotatable bonds is 4. The van der Waals surface area contributed by atoms with E-state index in [0.717, 1.165) is 18.4 Å². The van der Waals surface area contributed by atoms with Gasteiger partial charge in [0, 0.05) is 18.5 Å². The fraction of sp³-hybridized carbons (Fsp3) is 0.667. The van der Waals surface area contributed by atoms with Gasteiger partial charge in [-0.2, -0.15) is 11.3 Å². The highest BCUT2D eigenvalue weighted by Gasteiger charge is 2.49.